The number of carbonyl (C=O) groups excluding carboxylic acids is 2. The molecule has 8 fully saturated rings. The lowest BCUT2D eigenvalue weighted by Gasteiger charge is -2.68. The van der Waals surface area contributed by atoms with Crippen LogP contribution >= 0.6 is 21.6 Å². The van der Waals surface area contributed by atoms with Gasteiger partial charge in [-0.2, -0.15) is 0 Å². The van der Waals surface area contributed by atoms with Gasteiger partial charge in [-0.05, 0) is 166 Å². The maximum Gasteiger partial charge on any atom is 0.234 e. The Hall–Kier alpha value is -2.06. The van der Waals surface area contributed by atoms with Crippen LogP contribution < -0.4 is 10.2 Å². The average Bonchev–Trinajstić information content (AvgIpc) is 4.01. The van der Waals surface area contributed by atoms with Crippen molar-refractivity contribution in [1.29, 1.82) is 0 Å². The Morgan fingerprint density at radius 2 is 1.70 bits per heavy atom. The van der Waals surface area contributed by atoms with Crippen LogP contribution in [-0.2, 0) is 20.7 Å². The number of phenolic OH excluding ortho intramolecular Hbond substituents is 1. The van der Waals surface area contributed by atoms with Gasteiger partial charge in [-0.25, -0.2) is 0 Å². The minimum absolute atomic E-state index is 0.0260. The first-order valence-corrected chi connectivity index (χ1v) is 32.2. The third-order valence-corrected chi connectivity index (χ3v) is 27.1. The van der Waals surface area contributed by atoms with Crippen molar-refractivity contribution in [2.24, 2.45) is 74.4 Å². The van der Waals surface area contributed by atoms with Gasteiger partial charge < -0.3 is 60.9 Å². The molecule has 5 aliphatic heterocycles. The molecule has 1 aromatic rings. The number of epoxide rings is 1. The van der Waals surface area contributed by atoms with E-state index in [1.165, 1.54) is 30.1 Å². The van der Waals surface area contributed by atoms with E-state index in [1.54, 1.807) is 23.1 Å². The average molecular weight is 1110 g/mol. The standard InChI is InChI=1S/C61H88N2O12S2/c1-34(2)35(3)49-51(75-49)59(73)18-9-12-38-24-44-45-26-47(67)58(27-48(68)56(72,33-65)31-54(44,58)4)53(71)77-76-30-40-11-8-10-39(29-64)61(40)52(70)63(32-55(61)19-16-37(50(55)69)28-62-41-13-6-5-7-14-41)42-22-36(23-43(66)25-42)15-20-57(38)46(59)17-21-60(45,57)74/h9,12,22-23,25-26,34-35,37-41,44,46,48-51,53,62,64-66,68-69,71-74H,5-8,10-11,13-21,24,27-33H2,1-4H3/t35-,37+,38+,39+,40-,44+,46+,48-,49+,50+,51-,53+,54-,55-,56-,57-,58+,59-,60-,61+/m1/s1. The molecule has 16 heteroatoms. The smallest absolute Gasteiger partial charge is 0.234 e. The number of fused-ring (bicyclic) bond motifs is 1. The van der Waals surface area contributed by atoms with Gasteiger partial charge in [0, 0.05) is 60.0 Å². The van der Waals surface area contributed by atoms with Crippen molar-refractivity contribution in [3.05, 3.63) is 47.6 Å². The molecule has 14 nitrogen and oxygen atoms in total. The summed E-state index contributed by atoms with van der Waals surface area (Å²) in [6.07, 6.45) is 13.0. The van der Waals surface area contributed by atoms with Gasteiger partial charge in [0.15, 0.2) is 5.78 Å². The van der Waals surface area contributed by atoms with E-state index in [-0.39, 0.29) is 67.9 Å². The van der Waals surface area contributed by atoms with E-state index in [1.807, 2.05) is 19.1 Å². The number of hydrogen-bond acceptors (Lipinski definition) is 15. The van der Waals surface area contributed by atoms with E-state index in [0.717, 1.165) is 35.6 Å². The number of rotatable bonds is 8. The molecule has 13 aliphatic rings. The number of allylic oxidation sites excluding steroid dienone is 2. The highest BCUT2D eigenvalue weighted by atomic mass is 33.1. The molecule has 77 heavy (non-hydrogen) atoms. The molecule has 426 valence electrons. The summed E-state index contributed by atoms with van der Waals surface area (Å²) < 4.78 is 6.54. The molecule has 1 aromatic carbocycles. The maximum absolute atomic E-state index is 16.3. The van der Waals surface area contributed by atoms with Gasteiger partial charge >= 0.3 is 0 Å². The molecule has 20 atom stereocenters. The first kappa shape index (κ1) is 55.5. The van der Waals surface area contributed by atoms with Crippen molar-refractivity contribution in [2.45, 2.75) is 196 Å². The first-order valence-electron chi connectivity index (χ1n) is 29.8. The molecule has 8 aliphatic carbocycles. The lowest BCUT2D eigenvalue weighted by atomic mass is 9.38. The fraction of sp³-hybridized carbons (Fsp3) is 0.803. The van der Waals surface area contributed by atoms with Crippen LogP contribution in [0.1, 0.15) is 142 Å². The van der Waals surface area contributed by atoms with Crippen LogP contribution in [0.25, 0.3) is 0 Å². The van der Waals surface area contributed by atoms with Crippen molar-refractivity contribution in [2.75, 3.05) is 37.0 Å². The molecule has 14 rings (SSSR count). The molecule has 2 saturated heterocycles. The van der Waals surface area contributed by atoms with Crippen molar-refractivity contribution in [1.82, 2.24) is 5.32 Å². The lowest BCUT2D eigenvalue weighted by Crippen LogP contribution is -2.72. The number of phenols is 1. The number of ketones is 1. The fourth-order valence-electron chi connectivity index (χ4n) is 20.3. The van der Waals surface area contributed by atoms with Gasteiger partial charge in [0.25, 0.3) is 0 Å². The Balaban J connectivity index is 1.02. The first-order chi connectivity index (χ1) is 36.7. The van der Waals surface area contributed by atoms with Crippen molar-refractivity contribution in [3.63, 3.8) is 0 Å². The van der Waals surface area contributed by atoms with E-state index >= 15 is 9.59 Å². The number of aliphatic hydroxyl groups excluding tert-OH is 5. The molecule has 1 amide bonds. The van der Waals surface area contributed by atoms with Gasteiger partial charge in [0.2, 0.25) is 5.91 Å². The predicted molar refractivity (Wildman–Crippen MR) is 295 cm³/mol. The van der Waals surface area contributed by atoms with E-state index in [0.29, 0.717) is 93.3 Å². The summed E-state index contributed by atoms with van der Waals surface area (Å²) >= 11 is 0. The van der Waals surface area contributed by atoms with E-state index in [4.69, 9.17) is 4.74 Å². The van der Waals surface area contributed by atoms with Gasteiger partial charge in [-0.3, -0.25) is 9.59 Å². The van der Waals surface area contributed by atoms with E-state index in [9.17, 15) is 46.0 Å². The molecule has 0 radical (unpaired) electrons. The zero-order valence-corrected chi connectivity index (χ0v) is 47.5. The fourth-order valence-corrected chi connectivity index (χ4v) is 23.3. The predicted octanol–water partition coefficient (Wildman–Crippen LogP) is 6.35. The lowest BCUT2D eigenvalue weighted by molar-refractivity contribution is -0.235. The van der Waals surface area contributed by atoms with Crippen molar-refractivity contribution in [3.8, 4) is 5.75 Å². The second kappa shape index (κ2) is 19.5. The minimum Gasteiger partial charge on any atom is -0.508 e. The zero-order valence-electron chi connectivity index (χ0n) is 45.8. The highest BCUT2D eigenvalue weighted by molar-refractivity contribution is 8.76. The number of anilines is 1. The largest absolute Gasteiger partial charge is 0.508 e. The Morgan fingerprint density at radius 1 is 0.922 bits per heavy atom. The molecule has 0 aromatic heterocycles. The van der Waals surface area contributed by atoms with Gasteiger partial charge in [0.1, 0.15) is 28.5 Å². The van der Waals surface area contributed by atoms with Crippen LogP contribution in [0.4, 0.5) is 5.69 Å². The molecular formula is C61H88N2O12S2. The quantitative estimate of drug-likeness (QED) is 0.0775. The number of nitrogens with one attached hydrogen (secondary N) is 1. The number of ether oxygens (including phenoxy) is 1. The summed E-state index contributed by atoms with van der Waals surface area (Å²) in [4.78, 5) is 34.0. The molecule has 0 unspecified atom stereocenters. The number of benzene rings is 1. The SMILES string of the molecule is CC(C)[C@@H](C)[C@@H]1O[C@H]1[C@@]1(O)CC=C[C@H]2C[C@H]3C4=CC(=O)[C@@]5(C[C@@H](O)[C@](O)(CO)C[C@]35C)[C@@H](O)SSC[C@H]3CCC[C@@H](CO)[C@@]35C(=O)N(C[C@@]53CC[C@@H](CNC5CCCCC5)[C@@H]3O)c3cc(O)cc(c3)CC[C@]23[C@@H]1CC[C@@]43O. The van der Waals surface area contributed by atoms with Crippen LogP contribution in [0, 0.1) is 74.4 Å². The van der Waals surface area contributed by atoms with Crippen molar-refractivity contribution < 1.29 is 60.3 Å². The highest BCUT2D eigenvalue weighted by Gasteiger charge is 2.79. The Kier molecular flexibility index (Phi) is 14.1. The third kappa shape index (κ3) is 7.63. The number of hydrogen-bond donors (Lipinski definition) is 10. The van der Waals surface area contributed by atoms with E-state index in [2.05, 4.69) is 32.2 Å². The number of nitrogens with zero attached hydrogens (tertiary/aromatic N) is 1. The summed E-state index contributed by atoms with van der Waals surface area (Å²) in [5, 5.41) is 116. The molecule has 6 saturated carbocycles. The number of aliphatic hydroxyl groups is 8. The summed E-state index contributed by atoms with van der Waals surface area (Å²) in [7, 11) is 2.50. The monoisotopic (exact) mass is 1100 g/mol. The summed E-state index contributed by atoms with van der Waals surface area (Å²) in [6.45, 7) is 8.14. The summed E-state index contributed by atoms with van der Waals surface area (Å²) in [6, 6.07) is 5.71. The number of aryl methyl sites for hydroxylation is 1. The normalized spacial score (nSPS) is 49.0. The second-order valence-corrected chi connectivity index (χ2v) is 30.1. The van der Waals surface area contributed by atoms with Crippen molar-refractivity contribution >= 4 is 39.0 Å². The van der Waals surface area contributed by atoms with Crippen LogP contribution in [-0.4, -0.2) is 142 Å². The molecule has 5 heterocycles. The number of aromatic hydroxyl groups is 1. The van der Waals surface area contributed by atoms with Crippen LogP contribution in [0.15, 0.2) is 42.0 Å². The Labute approximate surface area is 463 Å². The third-order valence-electron chi connectivity index (χ3n) is 24.5. The topological polar surface area (TPSA) is 244 Å². The van der Waals surface area contributed by atoms with Gasteiger partial charge in [0.05, 0.1) is 41.3 Å². The molecular weight excluding hydrogens is 1020 g/mol. The van der Waals surface area contributed by atoms with E-state index < -0.39 is 104 Å². The second-order valence-electron chi connectivity index (χ2n) is 27.6. The van der Waals surface area contributed by atoms with Crippen LogP contribution in [0.3, 0.4) is 0 Å². The number of amides is 1. The molecule has 8 bridgehead atoms. The summed E-state index contributed by atoms with van der Waals surface area (Å²) in [5.74, 6) is -2.38. The van der Waals surface area contributed by atoms with Gasteiger partial charge in [-0.1, -0.05) is 87.1 Å². The van der Waals surface area contributed by atoms with Gasteiger partial charge in [-0.15, -0.1) is 0 Å². The Bertz CT molecular complexity index is 2540. The molecule has 4 spiro atoms. The number of carbonyl (C=O) groups is 2. The zero-order chi connectivity index (χ0) is 54.5. The molecule has 10 N–H and O–H groups in total. The Morgan fingerprint density at radius 3 is 2.44 bits per heavy atom. The highest BCUT2D eigenvalue weighted by Crippen LogP contribution is 2.77. The minimum atomic E-state index is -2.02. The maximum atomic E-state index is 16.3. The summed E-state index contributed by atoms with van der Waals surface area (Å²) in [5.41, 5.74) is -11.1. The van der Waals surface area contributed by atoms with Crippen LogP contribution in [0.2, 0.25) is 0 Å². The van der Waals surface area contributed by atoms with Crippen LogP contribution in [0.5, 0.6) is 5.75 Å².